The van der Waals surface area contributed by atoms with Gasteiger partial charge in [-0.1, -0.05) is 62.1 Å². The lowest BCUT2D eigenvalue weighted by atomic mass is 10.0. The third kappa shape index (κ3) is 8.44. The fraction of sp³-hybridized carbons (Fsp3) is 0.571. The molecule has 0 spiro atoms. The SMILES string of the molecule is O=C(CCC1CCCC1)N(CCN1CCOCC1)CC(=O)N(Cc1ccccc1)Cc1cccs1. The van der Waals surface area contributed by atoms with Crippen LogP contribution in [0.3, 0.4) is 0 Å². The Bertz CT molecular complexity index is 893. The van der Waals surface area contributed by atoms with Crippen molar-refractivity contribution in [2.75, 3.05) is 45.9 Å². The lowest BCUT2D eigenvalue weighted by Crippen LogP contribution is -2.47. The van der Waals surface area contributed by atoms with Gasteiger partial charge < -0.3 is 14.5 Å². The van der Waals surface area contributed by atoms with Crippen LogP contribution >= 0.6 is 11.3 Å². The average Bonchev–Trinajstić information content (AvgIpc) is 3.60. The molecule has 0 atom stereocenters. The van der Waals surface area contributed by atoms with Crippen LogP contribution in [0.5, 0.6) is 0 Å². The Morgan fingerprint density at radius 3 is 2.43 bits per heavy atom. The van der Waals surface area contributed by atoms with Gasteiger partial charge in [0.25, 0.3) is 0 Å². The first kappa shape index (κ1) is 25.9. The van der Waals surface area contributed by atoms with Crippen molar-refractivity contribution in [3.8, 4) is 0 Å². The summed E-state index contributed by atoms with van der Waals surface area (Å²) < 4.78 is 5.47. The number of rotatable bonds is 12. The lowest BCUT2D eigenvalue weighted by Gasteiger charge is -2.31. The molecule has 2 amide bonds. The van der Waals surface area contributed by atoms with E-state index < -0.39 is 0 Å². The van der Waals surface area contributed by atoms with Crippen LogP contribution in [0.25, 0.3) is 0 Å². The predicted molar refractivity (Wildman–Crippen MR) is 140 cm³/mol. The fourth-order valence-electron chi connectivity index (χ4n) is 5.05. The van der Waals surface area contributed by atoms with Crippen molar-refractivity contribution < 1.29 is 14.3 Å². The van der Waals surface area contributed by atoms with Crippen LogP contribution in [-0.2, 0) is 27.4 Å². The maximum atomic E-state index is 13.6. The number of carbonyl (C=O) groups is 2. The van der Waals surface area contributed by atoms with Gasteiger partial charge in [-0.3, -0.25) is 14.5 Å². The lowest BCUT2D eigenvalue weighted by molar-refractivity contribution is -0.141. The van der Waals surface area contributed by atoms with E-state index in [-0.39, 0.29) is 18.4 Å². The maximum Gasteiger partial charge on any atom is 0.242 e. The van der Waals surface area contributed by atoms with Gasteiger partial charge in [0, 0.05) is 44.0 Å². The minimum atomic E-state index is 0.0125. The predicted octanol–water partition coefficient (Wildman–Crippen LogP) is 4.41. The quantitative estimate of drug-likeness (QED) is 0.436. The van der Waals surface area contributed by atoms with Crippen molar-refractivity contribution in [2.45, 2.75) is 51.6 Å². The third-order valence-electron chi connectivity index (χ3n) is 7.21. The summed E-state index contributed by atoms with van der Waals surface area (Å²) in [6, 6.07) is 14.2. The van der Waals surface area contributed by atoms with E-state index in [1.807, 2.05) is 39.4 Å². The molecule has 1 saturated carbocycles. The molecule has 0 N–H and O–H groups in total. The van der Waals surface area contributed by atoms with E-state index in [1.54, 1.807) is 11.3 Å². The molecule has 1 aliphatic carbocycles. The van der Waals surface area contributed by atoms with Gasteiger partial charge in [-0.05, 0) is 29.3 Å². The van der Waals surface area contributed by atoms with Gasteiger partial charge in [-0.2, -0.15) is 0 Å². The summed E-state index contributed by atoms with van der Waals surface area (Å²) in [7, 11) is 0. The zero-order valence-corrected chi connectivity index (χ0v) is 21.6. The van der Waals surface area contributed by atoms with Gasteiger partial charge in [0.2, 0.25) is 11.8 Å². The number of nitrogens with zero attached hydrogens (tertiary/aromatic N) is 3. The molecule has 1 aromatic carbocycles. The molecule has 2 heterocycles. The summed E-state index contributed by atoms with van der Waals surface area (Å²) in [6.07, 6.45) is 6.55. The second-order valence-electron chi connectivity index (χ2n) is 9.77. The number of thiophene rings is 1. The topological polar surface area (TPSA) is 53.1 Å². The highest BCUT2D eigenvalue weighted by atomic mass is 32.1. The molecule has 0 unspecified atom stereocenters. The number of hydrogen-bond acceptors (Lipinski definition) is 5. The summed E-state index contributed by atoms with van der Waals surface area (Å²) in [6.45, 7) is 5.88. The van der Waals surface area contributed by atoms with Crippen molar-refractivity contribution in [3.05, 3.63) is 58.3 Å². The molecule has 190 valence electrons. The molecule has 2 fully saturated rings. The first-order valence-corrected chi connectivity index (χ1v) is 14.0. The van der Waals surface area contributed by atoms with Gasteiger partial charge in [0.1, 0.15) is 0 Å². The Labute approximate surface area is 213 Å². The molecule has 1 saturated heterocycles. The number of amides is 2. The number of carbonyl (C=O) groups excluding carboxylic acids is 2. The molecule has 4 rings (SSSR count). The molecule has 7 heteroatoms. The number of benzene rings is 1. The van der Waals surface area contributed by atoms with Gasteiger partial charge >= 0.3 is 0 Å². The molecular formula is C28H39N3O3S. The Morgan fingerprint density at radius 1 is 0.943 bits per heavy atom. The van der Waals surface area contributed by atoms with Gasteiger partial charge in [0.05, 0.1) is 26.3 Å². The van der Waals surface area contributed by atoms with Crippen LogP contribution in [0.1, 0.15) is 49.0 Å². The van der Waals surface area contributed by atoms with Crippen molar-refractivity contribution in [1.82, 2.24) is 14.7 Å². The third-order valence-corrected chi connectivity index (χ3v) is 8.07. The van der Waals surface area contributed by atoms with Crippen LogP contribution in [0.4, 0.5) is 0 Å². The molecule has 2 aliphatic rings. The summed E-state index contributed by atoms with van der Waals surface area (Å²) in [5.74, 6) is 0.803. The molecule has 1 aromatic heterocycles. The smallest absolute Gasteiger partial charge is 0.242 e. The van der Waals surface area contributed by atoms with E-state index in [9.17, 15) is 9.59 Å². The molecular weight excluding hydrogens is 458 g/mol. The van der Waals surface area contributed by atoms with E-state index >= 15 is 0 Å². The van der Waals surface area contributed by atoms with Crippen LogP contribution < -0.4 is 0 Å². The summed E-state index contributed by atoms with van der Waals surface area (Å²) in [5.41, 5.74) is 1.10. The standard InChI is InChI=1S/C28H39N3O3S/c32-27(13-12-24-7-4-5-8-24)30(15-14-29-16-18-34-19-17-29)23-28(33)31(22-26-11-6-20-35-26)21-25-9-2-1-3-10-25/h1-3,6,9-11,20,24H,4-5,7-8,12-19,21-23H2. The second kappa shape index (κ2) is 13.8. The highest BCUT2D eigenvalue weighted by Gasteiger charge is 2.24. The van der Waals surface area contributed by atoms with E-state index in [0.717, 1.165) is 49.7 Å². The average molecular weight is 498 g/mol. The fourth-order valence-corrected chi connectivity index (χ4v) is 5.77. The van der Waals surface area contributed by atoms with Crippen molar-refractivity contribution in [1.29, 1.82) is 0 Å². The Kier molecular flexibility index (Phi) is 10.2. The summed E-state index contributed by atoms with van der Waals surface area (Å²) in [4.78, 5) is 34.1. The highest BCUT2D eigenvalue weighted by Crippen LogP contribution is 2.28. The normalized spacial score (nSPS) is 16.9. The number of hydrogen-bond donors (Lipinski definition) is 0. The zero-order valence-electron chi connectivity index (χ0n) is 20.8. The van der Waals surface area contributed by atoms with Crippen LogP contribution in [0, 0.1) is 5.92 Å². The maximum absolute atomic E-state index is 13.6. The van der Waals surface area contributed by atoms with Crippen LogP contribution in [-0.4, -0.2) is 72.5 Å². The van der Waals surface area contributed by atoms with E-state index in [0.29, 0.717) is 32.0 Å². The van der Waals surface area contributed by atoms with Gasteiger partial charge in [-0.15, -0.1) is 11.3 Å². The van der Waals surface area contributed by atoms with E-state index in [2.05, 4.69) is 23.1 Å². The minimum absolute atomic E-state index is 0.0125. The Hall–Kier alpha value is -2.22. The molecule has 2 aromatic rings. The summed E-state index contributed by atoms with van der Waals surface area (Å²) in [5, 5.41) is 2.04. The number of ether oxygens (including phenoxy) is 1. The largest absolute Gasteiger partial charge is 0.379 e. The van der Waals surface area contributed by atoms with E-state index in [1.165, 1.54) is 25.7 Å². The molecule has 35 heavy (non-hydrogen) atoms. The van der Waals surface area contributed by atoms with Gasteiger partial charge in [0.15, 0.2) is 0 Å². The van der Waals surface area contributed by atoms with Crippen molar-refractivity contribution in [3.63, 3.8) is 0 Å². The van der Waals surface area contributed by atoms with Crippen LogP contribution in [0.15, 0.2) is 47.8 Å². The monoisotopic (exact) mass is 497 g/mol. The highest BCUT2D eigenvalue weighted by molar-refractivity contribution is 7.09. The Morgan fingerprint density at radius 2 is 1.71 bits per heavy atom. The van der Waals surface area contributed by atoms with Crippen LogP contribution in [0.2, 0.25) is 0 Å². The number of morpholine rings is 1. The minimum Gasteiger partial charge on any atom is -0.379 e. The van der Waals surface area contributed by atoms with Crippen molar-refractivity contribution >= 4 is 23.2 Å². The first-order chi connectivity index (χ1) is 17.2. The summed E-state index contributed by atoms with van der Waals surface area (Å²) >= 11 is 1.66. The first-order valence-electron chi connectivity index (χ1n) is 13.1. The van der Waals surface area contributed by atoms with E-state index in [4.69, 9.17) is 4.74 Å². The molecule has 1 aliphatic heterocycles. The molecule has 0 bridgehead atoms. The Balaban J connectivity index is 1.41. The zero-order chi connectivity index (χ0) is 24.3. The van der Waals surface area contributed by atoms with Gasteiger partial charge in [-0.25, -0.2) is 0 Å². The van der Waals surface area contributed by atoms with Crippen molar-refractivity contribution in [2.24, 2.45) is 5.92 Å². The molecule has 6 nitrogen and oxygen atoms in total. The second-order valence-corrected chi connectivity index (χ2v) is 10.8. The molecule has 0 radical (unpaired) electrons.